The number of aromatic nitrogens is 1. The number of hydrogen-bond acceptors (Lipinski definition) is 3. The van der Waals surface area contributed by atoms with Gasteiger partial charge in [-0.1, -0.05) is 17.7 Å². The van der Waals surface area contributed by atoms with Crippen LogP contribution >= 0.6 is 15.9 Å². The Morgan fingerprint density at radius 2 is 2.00 bits per heavy atom. The van der Waals surface area contributed by atoms with Gasteiger partial charge in [0.15, 0.2) is 0 Å². The van der Waals surface area contributed by atoms with Crippen molar-refractivity contribution >= 4 is 27.4 Å². The highest BCUT2D eigenvalue weighted by molar-refractivity contribution is 9.10. The maximum absolute atomic E-state index is 4.58. The zero-order valence-electron chi connectivity index (χ0n) is 12.4. The van der Waals surface area contributed by atoms with Crippen LogP contribution in [0.3, 0.4) is 0 Å². The summed E-state index contributed by atoms with van der Waals surface area (Å²) in [5.41, 5.74) is 4.89. The predicted molar refractivity (Wildman–Crippen MR) is 88.7 cm³/mol. The van der Waals surface area contributed by atoms with E-state index in [4.69, 9.17) is 0 Å². The van der Waals surface area contributed by atoms with Crippen LogP contribution in [-0.2, 0) is 6.54 Å². The van der Waals surface area contributed by atoms with Crippen LogP contribution in [0.2, 0.25) is 0 Å². The Bertz CT molecular complexity index is 611. The van der Waals surface area contributed by atoms with Crippen molar-refractivity contribution in [2.45, 2.75) is 20.4 Å². The predicted octanol–water partition coefficient (Wildman–Crippen LogP) is 3.95. The van der Waals surface area contributed by atoms with Gasteiger partial charge in [-0.2, -0.15) is 0 Å². The molecule has 0 bridgehead atoms. The molecule has 0 saturated carbocycles. The number of hydrogen-bond donors (Lipinski definition) is 1. The zero-order chi connectivity index (χ0) is 14.7. The zero-order valence-corrected chi connectivity index (χ0v) is 14.0. The summed E-state index contributed by atoms with van der Waals surface area (Å²) in [7, 11) is 4.01. The molecule has 0 spiro atoms. The van der Waals surface area contributed by atoms with Crippen LogP contribution in [0.25, 0.3) is 0 Å². The third kappa shape index (κ3) is 3.19. The Labute approximate surface area is 129 Å². The van der Waals surface area contributed by atoms with Crippen LogP contribution in [0.1, 0.15) is 16.7 Å². The van der Waals surface area contributed by atoms with Gasteiger partial charge in [0.2, 0.25) is 0 Å². The standard InChI is InChI=1S/C16H20BrN3/c1-11-5-6-15(12(2)7-11)20(4)16-13(9-18-3)8-14(17)10-19-16/h5-8,10,18H,9H2,1-4H3. The first-order valence-electron chi connectivity index (χ1n) is 6.63. The summed E-state index contributed by atoms with van der Waals surface area (Å²) in [4.78, 5) is 6.72. The van der Waals surface area contributed by atoms with E-state index in [1.165, 1.54) is 22.4 Å². The molecular weight excluding hydrogens is 314 g/mol. The Kier molecular flexibility index (Phi) is 4.78. The molecule has 0 fully saturated rings. The van der Waals surface area contributed by atoms with Gasteiger partial charge in [-0.25, -0.2) is 4.98 Å². The van der Waals surface area contributed by atoms with Gasteiger partial charge in [0.05, 0.1) is 0 Å². The largest absolute Gasteiger partial charge is 0.329 e. The fraction of sp³-hybridized carbons (Fsp3) is 0.312. The molecule has 0 amide bonds. The van der Waals surface area contributed by atoms with E-state index in [0.29, 0.717) is 0 Å². The smallest absolute Gasteiger partial charge is 0.137 e. The van der Waals surface area contributed by atoms with Gasteiger partial charge in [-0.15, -0.1) is 0 Å². The molecule has 1 N–H and O–H groups in total. The summed E-state index contributed by atoms with van der Waals surface area (Å²) in [5.74, 6) is 0.981. The lowest BCUT2D eigenvalue weighted by molar-refractivity contribution is 0.809. The number of anilines is 2. The average molecular weight is 334 g/mol. The van der Waals surface area contributed by atoms with E-state index in [1.807, 2.05) is 13.2 Å². The van der Waals surface area contributed by atoms with Crippen molar-refractivity contribution in [3.05, 3.63) is 51.6 Å². The summed E-state index contributed by atoms with van der Waals surface area (Å²) in [5, 5.41) is 3.19. The molecule has 0 aliphatic carbocycles. The van der Waals surface area contributed by atoms with Crippen LogP contribution < -0.4 is 10.2 Å². The Balaban J connectivity index is 2.44. The molecule has 2 aromatic rings. The van der Waals surface area contributed by atoms with E-state index >= 15 is 0 Å². The lowest BCUT2D eigenvalue weighted by atomic mass is 10.1. The second-order valence-electron chi connectivity index (χ2n) is 5.02. The first-order chi connectivity index (χ1) is 9.52. The quantitative estimate of drug-likeness (QED) is 0.918. The molecule has 0 atom stereocenters. The van der Waals surface area contributed by atoms with Crippen molar-refractivity contribution in [1.29, 1.82) is 0 Å². The van der Waals surface area contributed by atoms with Gasteiger partial charge < -0.3 is 10.2 Å². The minimum Gasteiger partial charge on any atom is -0.329 e. The summed E-state index contributed by atoms with van der Waals surface area (Å²) in [6, 6.07) is 8.59. The summed E-state index contributed by atoms with van der Waals surface area (Å²) < 4.78 is 1.00. The number of pyridine rings is 1. The average Bonchev–Trinajstić information content (AvgIpc) is 2.38. The number of nitrogens with zero attached hydrogens (tertiary/aromatic N) is 2. The van der Waals surface area contributed by atoms with Gasteiger partial charge in [-0.05, 0) is 54.5 Å². The number of aryl methyl sites for hydroxylation is 2. The lowest BCUT2D eigenvalue weighted by Gasteiger charge is -2.23. The maximum Gasteiger partial charge on any atom is 0.137 e. The van der Waals surface area contributed by atoms with Crippen molar-refractivity contribution in [2.24, 2.45) is 0 Å². The lowest BCUT2D eigenvalue weighted by Crippen LogP contribution is -2.17. The van der Waals surface area contributed by atoms with E-state index in [-0.39, 0.29) is 0 Å². The second-order valence-corrected chi connectivity index (χ2v) is 5.93. The molecule has 3 nitrogen and oxygen atoms in total. The van der Waals surface area contributed by atoms with E-state index in [9.17, 15) is 0 Å². The molecule has 1 heterocycles. The molecule has 20 heavy (non-hydrogen) atoms. The molecule has 0 saturated heterocycles. The molecule has 4 heteroatoms. The van der Waals surface area contributed by atoms with Crippen molar-refractivity contribution in [3.63, 3.8) is 0 Å². The van der Waals surface area contributed by atoms with Crippen molar-refractivity contribution in [1.82, 2.24) is 10.3 Å². The van der Waals surface area contributed by atoms with Crippen LogP contribution in [0, 0.1) is 13.8 Å². The normalized spacial score (nSPS) is 10.7. The monoisotopic (exact) mass is 333 g/mol. The van der Waals surface area contributed by atoms with Gasteiger partial charge in [0.25, 0.3) is 0 Å². The molecule has 2 rings (SSSR count). The molecule has 0 unspecified atom stereocenters. The first kappa shape index (κ1) is 15.0. The van der Waals surface area contributed by atoms with Crippen LogP contribution in [0.5, 0.6) is 0 Å². The minimum absolute atomic E-state index is 0.789. The SMILES string of the molecule is CNCc1cc(Br)cnc1N(C)c1ccc(C)cc1C. The summed E-state index contributed by atoms with van der Waals surface area (Å²) >= 11 is 3.49. The van der Waals surface area contributed by atoms with Crippen molar-refractivity contribution in [2.75, 3.05) is 19.0 Å². The first-order valence-corrected chi connectivity index (χ1v) is 7.42. The van der Waals surface area contributed by atoms with Gasteiger partial charge in [0.1, 0.15) is 5.82 Å². The highest BCUT2D eigenvalue weighted by Crippen LogP contribution is 2.29. The number of rotatable bonds is 4. The van der Waals surface area contributed by atoms with Crippen molar-refractivity contribution in [3.8, 4) is 0 Å². The maximum atomic E-state index is 4.58. The Hall–Kier alpha value is -1.39. The highest BCUT2D eigenvalue weighted by Gasteiger charge is 2.13. The summed E-state index contributed by atoms with van der Waals surface area (Å²) in [6.45, 7) is 5.04. The van der Waals surface area contributed by atoms with Crippen LogP contribution in [0.4, 0.5) is 11.5 Å². The highest BCUT2D eigenvalue weighted by atomic mass is 79.9. The fourth-order valence-corrected chi connectivity index (χ4v) is 2.77. The number of benzene rings is 1. The number of halogens is 1. The Morgan fingerprint density at radius 1 is 1.25 bits per heavy atom. The topological polar surface area (TPSA) is 28.2 Å². The molecule has 1 aromatic heterocycles. The molecular formula is C16H20BrN3. The molecule has 1 aromatic carbocycles. The van der Waals surface area contributed by atoms with Crippen LogP contribution in [0.15, 0.2) is 34.9 Å². The third-order valence-corrected chi connectivity index (χ3v) is 3.74. The molecule has 0 radical (unpaired) electrons. The second kappa shape index (κ2) is 6.37. The van der Waals surface area contributed by atoms with E-state index in [2.05, 4.69) is 76.3 Å². The molecule has 0 aliphatic heterocycles. The van der Waals surface area contributed by atoms with E-state index in [1.54, 1.807) is 0 Å². The van der Waals surface area contributed by atoms with Gasteiger partial charge >= 0.3 is 0 Å². The Morgan fingerprint density at radius 3 is 2.65 bits per heavy atom. The molecule has 106 valence electrons. The third-order valence-electron chi connectivity index (χ3n) is 3.31. The van der Waals surface area contributed by atoms with E-state index < -0.39 is 0 Å². The van der Waals surface area contributed by atoms with Crippen LogP contribution in [-0.4, -0.2) is 19.1 Å². The van der Waals surface area contributed by atoms with E-state index in [0.717, 1.165) is 16.8 Å². The molecule has 0 aliphatic rings. The van der Waals surface area contributed by atoms with Gasteiger partial charge in [-0.3, -0.25) is 0 Å². The summed E-state index contributed by atoms with van der Waals surface area (Å²) in [6.07, 6.45) is 1.84. The number of nitrogens with one attached hydrogen (secondary N) is 1. The minimum atomic E-state index is 0.789. The van der Waals surface area contributed by atoms with Gasteiger partial charge in [0, 0.05) is 35.5 Å². The van der Waals surface area contributed by atoms with Crippen molar-refractivity contribution < 1.29 is 0 Å². The fourth-order valence-electron chi connectivity index (χ4n) is 2.39.